The predicted octanol–water partition coefficient (Wildman–Crippen LogP) is 4.45. The van der Waals surface area contributed by atoms with Gasteiger partial charge in [-0.25, -0.2) is 14.6 Å². The molecule has 1 saturated carbocycles. The minimum atomic E-state index is -0.977. The highest BCUT2D eigenvalue weighted by Gasteiger charge is 2.40. The lowest BCUT2D eigenvalue weighted by atomic mass is 9.86. The minimum Gasteiger partial charge on any atom is -0.386 e. The van der Waals surface area contributed by atoms with Crippen molar-refractivity contribution in [2.75, 3.05) is 7.05 Å². The van der Waals surface area contributed by atoms with Crippen molar-refractivity contribution in [3.8, 4) is 5.69 Å². The number of carbonyl (C=O) groups excluding carboxylic acids is 1. The molecule has 1 amide bonds. The summed E-state index contributed by atoms with van der Waals surface area (Å²) < 4.78 is 2.49. The number of amides is 1. The molecule has 1 fully saturated rings. The molecule has 182 valence electrons. The van der Waals surface area contributed by atoms with Gasteiger partial charge in [0.15, 0.2) is 5.65 Å². The van der Waals surface area contributed by atoms with E-state index < -0.39 is 5.60 Å². The van der Waals surface area contributed by atoms with Gasteiger partial charge in [0.25, 0.3) is 0 Å². The lowest BCUT2D eigenvalue weighted by Crippen LogP contribution is -2.35. The average Bonchev–Trinajstić information content (AvgIpc) is 3.37. The number of pyridine rings is 1. The Morgan fingerprint density at radius 1 is 1.29 bits per heavy atom. The van der Waals surface area contributed by atoms with Crippen LogP contribution in [0.25, 0.3) is 27.6 Å². The van der Waals surface area contributed by atoms with Crippen LogP contribution < -0.4 is 5.32 Å². The average molecular weight is 537 g/mol. The fourth-order valence-electron chi connectivity index (χ4n) is 5.07. The Balaban J connectivity index is 1.49. The summed E-state index contributed by atoms with van der Waals surface area (Å²) in [6, 6.07) is 7.87. The van der Waals surface area contributed by atoms with Gasteiger partial charge in [0, 0.05) is 42.2 Å². The molecule has 4 aromatic rings. The van der Waals surface area contributed by atoms with Crippen molar-refractivity contribution in [1.29, 1.82) is 0 Å². The molecule has 0 spiro atoms. The van der Waals surface area contributed by atoms with Gasteiger partial charge in [-0.2, -0.15) is 5.10 Å². The van der Waals surface area contributed by atoms with E-state index in [0.717, 1.165) is 64.7 Å². The summed E-state index contributed by atoms with van der Waals surface area (Å²) in [7, 11) is 1.70. The highest BCUT2D eigenvalue weighted by atomic mass is 79.9. The van der Waals surface area contributed by atoms with Crippen molar-refractivity contribution in [3.63, 3.8) is 0 Å². The van der Waals surface area contributed by atoms with Gasteiger partial charge < -0.3 is 10.4 Å². The van der Waals surface area contributed by atoms with E-state index in [1.807, 2.05) is 42.1 Å². The molecule has 0 unspecified atom stereocenters. The van der Waals surface area contributed by atoms with Crippen LogP contribution in [-0.2, 0) is 16.8 Å². The molecule has 1 aromatic carbocycles. The number of benzene rings is 1. The standard InChI is InChI=1S/C26H29BrN6O2/c1-25(2,35)17-10-16-11-18(5-6-20(16)29-13-17)33-23-19(22(27)32-33)14-30-21(31-23)9-15-7-8-26(3,12-15)24(34)28-4/h5-6,10-11,13-15,35H,7-9,12H2,1-4H3,(H,28,34)/t15-,26+/m0/s1. The highest BCUT2D eigenvalue weighted by Crippen LogP contribution is 2.42. The number of carbonyl (C=O) groups is 1. The molecular formula is C26H29BrN6O2. The quantitative estimate of drug-likeness (QED) is 0.390. The second-order valence-electron chi connectivity index (χ2n) is 10.3. The van der Waals surface area contributed by atoms with Crippen LogP contribution in [0, 0.1) is 11.3 Å². The van der Waals surface area contributed by atoms with Gasteiger partial charge in [-0.15, -0.1) is 0 Å². The summed E-state index contributed by atoms with van der Waals surface area (Å²) in [5.74, 6) is 1.22. The number of hydrogen-bond acceptors (Lipinski definition) is 6. The topological polar surface area (TPSA) is 106 Å². The van der Waals surface area contributed by atoms with Crippen LogP contribution in [0.4, 0.5) is 0 Å². The molecule has 5 rings (SSSR count). The summed E-state index contributed by atoms with van der Waals surface area (Å²) >= 11 is 3.55. The summed E-state index contributed by atoms with van der Waals surface area (Å²) in [6.45, 7) is 5.54. The number of hydrogen-bond donors (Lipinski definition) is 2. The Morgan fingerprint density at radius 3 is 2.83 bits per heavy atom. The molecule has 9 heteroatoms. The van der Waals surface area contributed by atoms with E-state index in [2.05, 4.69) is 36.3 Å². The van der Waals surface area contributed by atoms with Crippen molar-refractivity contribution >= 4 is 43.8 Å². The molecule has 1 aliphatic rings. The summed E-state index contributed by atoms with van der Waals surface area (Å²) in [6.07, 6.45) is 6.93. The summed E-state index contributed by atoms with van der Waals surface area (Å²) in [5.41, 5.74) is 1.86. The zero-order valence-electron chi connectivity index (χ0n) is 20.3. The molecule has 3 heterocycles. The van der Waals surface area contributed by atoms with Crippen LogP contribution in [0.3, 0.4) is 0 Å². The van der Waals surface area contributed by atoms with E-state index in [9.17, 15) is 9.90 Å². The monoisotopic (exact) mass is 536 g/mol. The van der Waals surface area contributed by atoms with Crippen LogP contribution in [-0.4, -0.2) is 42.8 Å². The lowest BCUT2D eigenvalue weighted by Gasteiger charge is -2.21. The predicted molar refractivity (Wildman–Crippen MR) is 138 cm³/mol. The number of aliphatic hydroxyl groups is 1. The van der Waals surface area contributed by atoms with E-state index >= 15 is 0 Å². The minimum absolute atomic E-state index is 0.108. The number of rotatable bonds is 5. The molecule has 3 aromatic heterocycles. The third kappa shape index (κ3) is 4.43. The first-order valence-electron chi connectivity index (χ1n) is 11.8. The lowest BCUT2D eigenvalue weighted by molar-refractivity contribution is -0.129. The van der Waals surface area contributed by atoms with Gasteiger partial charge in [0.05, 0.1) is 22.2 Å². The van der Waals surface area contributed by atoms with Crippen molar-refractivity contribution in [2.45, 2.75) is 52.1 Å². The van der Waals surface area contributed by atoms with Crippen LogP contribution >= 0.6 is 15.9 Å². The maximum absolute atomic E-state index is 12.3. The number of nitrogens with zero attached hydrogens (tertiary/aromatic N) is 5. The molecule has 0 radical (unpaired) electrons. The third-order valence-corrected chi connectivity index (χ3v) is 7.72. The van der Waals surface area contributed by atoms with Gasteiger partial charge in [-0.05, 0) is 79.2 Å². The third-order valence-electron chi connectivity index (χ3n) is 7.14. The maximum atomic E-state index is 12.3. The van der Waals surface area contributed by atoms with Crippen molar-refractivity contribution in [2.24, 2.45) is 11.3 Å². The van der Waals surface area contributed by atoms with Crippen molar-refractivity contribution < 1.29 is 9.90 Å². The first kappa shape index (κ1) is 23.8. The second-order valence-corrected chi connectivity index (χ2v) is 11.1. The smallest absolute Gasteiger partial charge is 0.225 e. The number of aromatic nitrogens is 5. The van der Waals surface area contributed by atoms with Crippen LogP contribution in [0.15, 0.2) is 41.3 Å². The van der Waals surface area contributed by atoms with Gasteiger partial charge >= 0.3 is 0 Å². The summed E-state index contributed by atoms with van der Waals surface area (Å²) in [4.78, 5) is 26.3. The van der Waals surface area contributed by atoms with E-state index in [1.54, 1.807) is 27.1 Å². The molecule has 35 heavy (non-hydrogen) atoms. The zero-order chi connectivity index (χ0) is 25.0. The number of fused-ring (bicyclic) bond motifs is 2. The van der Waals surface area contributed by atoms with Gasteiger partial charge in [0.2, 0.25) is 5.91 Å². The highest BCUT2D eigenvalue weighted by molar-refractivity contribution is 9.10. The van der Waals surface area contributed by atoms with E-state index in [1.165, 1.54) is 0 Å². The van der Waals surface area contributed by atoms with Gasteiger partial charge in [0.1, 0.15) is 10.4 Å². The Bertz CT molecular complexity index is 1440. The maximum Gasteiger partial charge on any atom is 0.225 e. The second kappa shape index (κ2) is 8.64. The fraction of sp³-hybridized carbons (Fsp3) is 0.423. The molecule has 2 N–H and O–H groups in total. The molecule has 0 bridgehead atoms. The molecule has 8 nitrogen and oxygen atoms in total. The summed E-state index contributed by atoms with van der Waals surface area (Å²) in [5, 5.41) is 19.6. The van der Waals surface area contributed by atoms with Gasteiger partial charge in [-0.3, -0.25) is 9.78 Å². The first-order valence-corrected chi connectivity index (χ1v) is 12.6. The fourth-order valence-corrected chi connectivity index (χ4v) is 5.51. The Morgan fingerprint density at radius 2 is 2.09 bits per heavy atom. The van der Waals surface area contributed by atoms with E-state index in [4.69, 9.17) is 4.98 Å². The normalized spacial score (nSPS) is 20.6. The van der Waals surface area contributed by atoms with Gasteiger partial charge in [-0.1, -0.05) is 6.92 Å². The Kier molecular flexibility index (Phi) is 5.88. The first-order chi connectivity index (χ1) is 16.6. The number of nitrogens with one attached hydrogen (secondary N) is 1. The molecule has 2 atom stereocenters. The van der Waals surface area contributed by atoms with Crippen LogP contribution in [0.5, 0.6) is 0 Å². The van der Waals surface area contributed by atoms with Crippen LogP contribution in [0.1, 0.15) is 51.4 Å². The van der Waals surface area contributed by atoms with Crippen molar-refractivity contribution in [3.05, 3.63) is 52.7 Å². The zero-order valence-corrected chi connectivity index (χ0v) is 21.9. The Hall–Kier alpha value is -2.91. The molecule has 0 saturated heterocycles. The largest absolute Gasteiger partial charge is 0.386 e. The number of halogens is 1. The van der Waals surface area contributed by atoms with E-state index in [0.29, 0.717) is 10.5 Å². The SMILES string of the molecule is CNC(=O)[C@]1(C)CC[C@@H](Cc2ncc3c(Br)nn(-c4ccc5ncc(C(C)(C)O)cc5c4)c3n2)C1. The van der Waals surface area contributed by atoms with Crippen LogP contribution in [0.2, 0.25) is 0 Å². The molecule has 1 aliphatic carbocycles. The van der Waals surface area contributed by atoms with E-state index in [-0.39, 0.29) is 11.3 Å². The molecule has 0 aliphatic heterocycles. The Labute approximate surface area is 212 Å². The molecular weight excluding hydrogens is 508 g/mol. The van der Waals surface area contributed by atoms with Crippen molar-refractivity contribution in [1.82, 2.24) is 30.0 Å².